The lowest BCUT2D eigenvalue weighted by molar-refractivity contribution is -0.311. The van der Waals surface area contributed by atoms with Crippen LogP contribution in [0.2, 0.25) is 0 Å². The van der Waals surface area contributed by atoms with Crippen molar-refractivity contribution in [3.05, 3.63) is 29.3 Å². The maximum atomic E-state index is 11.4. The monoisotopic (exact) mass is 324 g/mol. The zero-order valence-electron chi connectivity index (χ0n) is 12.9. The van der Waals surface area contributed by atoms with Crippen LogP contribution < -0.4 is 4.89 Å². The summed E-state index contributed by atoms with van der Waals surface area (Å²) in [7, 11) is 1.91. The molecule has 8 heteroatoms. The highest BCUT2D eigenvalue weighted by Crippen LogP contribution is 2.32. The highest BCUT2D eigenvalue weighted by Gasteiger charge is 2.25. The molecule has 0 bridgehead atoms. The van der Waals surface area contributed by atoms with E-state index >= 15 is 0 Å². The van der Waals surface area contributed by atoms with E-state index in [2.05, 4.69) is 14.4 Å². The van der Waals surface area contributed by atoms with Crippen LogP contribution in [0.5, 0.6) is 5.75 Å². The van der Waals surface area contributed by atoms with Gasteiger partial charge in [0.2, 0.25) is 0 Å². The first-order chi connectivity index (χ1) is 9.96. The summed E-state index contributed by atoms with van der Waals surface area (Å²) in [5.41, 5.74) is 0.952. The van der Waals surface area contributed by atoms with E-state index in [0.717, 1.165) is 5.56 Å². The van der Waals surface area contributed by atoms with Crippen molar-refractivity contribution < 1.29 is 37.6 Å². The molecule has 0 heterocycles. The van der Waals surface area contributed by atoms with Crippen LogP contribution in [0.1, 0.15) is 36.7 Å². The van der Waals surface area contributed by atoms with E-state index in [9.17, 15) is 18.0 Å². The molecule has 0 saturated carbocycles. The van der Waals surface area contributed by atoms with Gasteiger partial charge in [0.1, 0.15) is 0 Å². The van der Waals surface area contributed by atoms with Gasteiger partial charge in [-0.05, 0) is 23.6 Å². The Morgan fingerprint density at radius 3 is 1.95 bits per heavy atom. The molecule has 1 aromatic carbocycles. The van der Waals surface area contributed by atoms with Gasteiger partial charge in [-0.2, -0.15) is 0 Å². The fraction of sp³-hybridized carbons (Fsp3) is 0.500. The summed E-state index contributed by atoms with van der Waals surface area (Å²) in [6.07, 6.45) is -4.46. The predicted molar refractivity (Wildman–Crippen MR) is 72.8 cm³/mol. The van der Waals surface area contributed by atoms with Crippen molar-refractivity contribution in [1.29, 1.82) is 0 Å². The first-order valence-electron chi connectivity index (χ1n) is 6.12. The van der Waals surface area contributed by atoms with Crippen LogP contribution in [0, 0.1) is 0 Å². The van der Waals surface area contributed by atoms with Crippen molar-refractivity contribution in [2.45, 2.75) is 32.5 Å². The van der Waals surface area contributed by atoms with Crippen LogP contribution in [-0.2, 0) is 14.9 Å². The number of hydrogen-bond acceptors (Lipinski definition) is 5. The molecule has 0 radical (unpaired) electrons. The molecule has 0 aliphatic heterocycles. The second kappa shape index (κ2) is 8.00. The second-order valence-corrected chi connectivity index (χ2v) is 5.19. The molecular weight excluding hydrogens is 305 g/mol. The van der Waals surface area contributed by atoms with Crippen LogP contribution in [0.25, 0.3) is 0 Å². The molecule has 0 spiro atoms. The van der Waals surface area contributed by atoms with Gasteiger partial charge in [-0.1, -0.05) is 20.8 Å². The van der Waals surface area contributed by atoms with E-state index in [-0.39, 0.29) is 5.41 Å². The minimum absolute atomic E-state index is 0.234. The van der Waals surface area contributed by atoms with Crippen molar-refractivity contribution >= 4 is 5.97 Å². The second-order valence-electron chi connectivity index (χ2n) is 5.19. The van der Waals surface area contributed by atoms with Crippen LogP contribution in [0.15, 0.2) is 18.2 Å². The molecule has 0 fully saturated rings. The number of carbonyl (C=O) groups excluding carboxylic acids is 1. The Kier molecular flexibility index (Phi) is 7.34. The Labute approximate surface area is 126 Å². The first-order valence-corrected chi connectivity index (χ1v) is 6.12. The topological polar surface area (TPSA) is 65.0 Å². The smallest absolute Gasteiger partial charge is 0.465 e. The van der Waals surface area contributed by atoms with Crippen LogP contribution in [-0.4, -0.2) is 31.8 Å². The SMILES string of the molecule is COC(=O)c1ccc(OO)c(C(C)(C)C)c1.COC(F)(F)F. The highest BCUT2D eigenvalue weighted by atomic mass is 19.4. The summed E-state index contributed by atoms with van der Waals surface area (Å²) in [5, 5.41) is 8.75. The van der Waals surface area contributed by atoms with Crippen LogP contribution in [0.4, 0.5) is 13.2 Å². The third-order valence-electron chi connectivity index (χ3n) is 2.54. The lowest BCUT2D eigenvalue weighted by atomic mass is 9.85. The largest absolute Gasteiger partial charge is 0.522 e. The minimum atomic E-state index is -4.46. The van der Waals surface area contributed by atoms with Crippen molar-refractivity contribution in [2.24, 2.45) is 0 Å². The summed E-state index contributed by atoms with van der Waals surface area (Å²) in [5.74, 6) is -0.0601. The number of methoxy groups -OCH3 is 2. The third-order valence-corrected chi connectivity index (χ3v) is 2.54. The van der Waals surface area contributed by atoms with Crippen molar-refractivity contribution in [3.63, 3.8) is 0 Å². The molecule has 126 valence electrons. The predicted octanol–water partition coefficient (Wildman–Crippen LogP) is 3.78. The van der Waals surface area contributed by atoms with Gasteiger partial charge in [0.15, 0.2) is 5.75 Å². The van der Waals surface area contributed by atoms with Gasteiger partial charge in [-0.25, -0.2) is 10.1 Å². The van der Waals surface area contributed by atoms with Crippen LogP contribution in [0.3, 0.4) is 0 Å². The normalized spacial score (nSPS) is 11.3. The van der Waals surface area contributed by atoms with Crippen molar-refractivity contribution in [2.75, 3.05) is 14.2 Å². The van der Waals surface area contributed by atoms with Crippen LogP contribution >= 0.6 is 0 Å². The number of hydrogen-bond donors (Lipinski definition) is 1. The first kappa shape index (κ1) is 20.2. The molecule has 0 aliphatic rings. The molecule has 22 heavy (non-hydrogen) atoms. The molecule has 0 saturated heterocycles. The Morgan fingerprint density at radius 1 is 1.14 bits per heavy atom. The Hall–Kier alpha value is -1.80. The fourth-order valence-corrected chi connectivity index (χ4v) is 1.44. The number of halogens is 3. The molecule has 5 nitrogen and oxygen atoms in total. The molecule has 0 amide bonds. The number of esters is 1. The van der Waals surface area contributed by atoms with Crippen molar-refractivity contribution in [1.82, 2.24) is 0 Å². The van der Waals surface area contributed by atoms with Crippen molar-refractivity contribution in [3.8, 4) is 5.75 Å². The maximum Gasteiger partial charge on any atom is 0.522 e. The van der Waals surface area contributed by atoms with E-state index in [4.69, 9.17) is 5.26 Å². The quantitative estimate of drug-likeness (QED) is 0.509. The Bertz CT molecular complexity index is 492. The van der Waals surface area contributed by atoms with Gasteiger partial charge in [0, 0.05) is 12.7 Å². The average molecular weight is 324 g/mol. The van der Waals surface area contributed by atoms with E-state index in [1.807, 2.05) is 20.8 Å². The number of alkyl halides is 3. The Morgan fingerprint density at radius 2 is 1.64 bits per heavy atom. The maximum absolute atomic E-state index is 11.4. The summed E-state index contributed by atoms with van der Waals surface area (Å²) in [6.45, 7) is 5.89. The lowest BCUT2D eigenvalue weighted by Gasteiger charge is -2.21. The molecule has 0 aliphatic carbocycles. The van der Waals surface area contributed by atoms with Gasteiger partial charge in [0.25, 0.3) is 0 Å². The average Bonchev–Trinajstić information content (AvgIpc) is 2.44. The summed E-state index contributed by atoms with van der Waals surface area (Å²) < 4.78 is 39.3. The van der Waals surface area contributed by atoms with Gasteiger partial charge in [-0.3, -0.25) is 4.74 Å². The Balaban J connectivity index is 0.000000626. The highest BCUT2D eigenvalue weighted by molar-refractivity contribution is 5.89. The summed E-state index contributed by atoms with van der Waals surface area (Å²) >= 11 is 0. The molecule has 1 aromatic rings. The zero-order valence-corrected chi connectivity index (χ0v) is 12.9. The molecular formula is C14H19F3O5. The number of rotatable bonds is 2. The third kappa shape index (κ3) is 6.77. The fourth-order valence-electron chi connectivity index (χ4n) is 1.44. The minimum Gasteiger partial charge on any atom is -0.465 e. The number of carbonyl (C=O) groups is 1. The van der Waals surface area contributed by atoms with E-state index < -0.39 is 12.3 Å². The van der Waals surface area contributed by atoms with Gasteiger partial charge >= 0.3 is 12.3 Å². The molecule has 0 unspecified atom stereocenters. The summed E-state index contributed by atoms with van der Waals surface area (Å²) in [4.78, 5) is 15.7. The molecule has 1 N–H and O–H groups in total. The van der Waals surface area contributed by atoms with E-state index in [1.54, 1.807) is 18.2 Å². The van der Waals surface area contributed by atoms with Gasteiger partial charge in [0.05, 0.1) is 12.7 Å². The zero-order chi connectivity index (χ0) is 17.6. The van der Waals surface area contributed by atoms with Gasteiger partial charge < -0.3 is 9.62 Å². The van der Waals surface area contributed by atoms with Gasteiger partial charge in [-0.15, -0.1) is 13.2 Å². The molecule has 0 aromatic heterocycles. The summed E-state index contributed by atoms with van der Waals surface area (Å²) in [6, 6.07) is 4.76. The number of ether oxygens (including phenoxy) is 2. The standard InChI is InChI=1S/C12H16O4.C2H3F3O/c1-12(2,3)9-7-8(11(13)15-4)5-6-10(9)16-14;1-6-2(3,4)5/h5-7,14H,1-4H3;1H3. The van der Waals surface area contributed by atoms with E-state index in [1.165, 1.54) is 7.11 Å². The lowest BCUT2D eigenvalue weighted by Crippen LogP contribution is -2.14. The number of benzene rings is 1. The molecule has 0 atom stereocenters. The molecule has 1 rings (SSSR count). The van der Waals surface area contributed by atoms with E-state index in [0.29, 0.717) is 18.4 Å².